The minimum atomic E-state index is -0.747. The van der Waals surface area contributed by atoms with Crippen LogP contribution in [0.2, 0.25) is 0 Å². The molecule has 0 radical (unpaired) electrons. The molecule has 1 atom stereocenters. The van der Waals surface area contributed by atoms with Crippen LogP contribution < -0.4 is 9.64 Å². The van der Waals surface area contributed by atoms with Gasteiger partial charge in [0.25, 0.3) is 5.69 Å². The molecule has 2 aromatic carbocycles. The highest BCUT2D eigenvalue weighted by Crippen LogP contribution is 2.35. The molecule has 0 aliphatic carbocycles. The summed E-state index contributed by atoms with van der Waals surface area (Å²) in [5.74, 6) is -1.91. The number of benzene rings is 2. The number of rotatable bonds is 7. The minimum absolute atomic E-state index is 0.0323. The van der Waals surface area contributed by atoms with Gasteiger partial charge in [-0.25, -0.2) is 0 Å². The van der Waals surface area contributed by atoms with Gasteiger partial charge in [-0.2, -0.15) is 0 Å². The van der Waals surface area contributed by atoms with Crippen molar-refractivity contribution in [1.29, 1.82) is 0 Å². The fourth-order valence-corrected chi connectivity index (χ4v) is 3.18. The van der Waals surface area contributed by atoms with Crippen LogP contribution in [0.25, 0.3) is 0 Å². The number of carbonyl (C=O) groups is 3. The van der Waals surface area contributed by atoms with E-state index in [-0.39, 0.29) is 36.1 Å². The number of non-ortho nitro benzene ring substituents is 1. The number of hydrogen-bond acceptors (Lipinski definition) is 7. The summed E-state index contributed by atoms with van der Waals surface area (Å²) in [6, 6.07) is 10.8. The van der Waals surface area contributed by atoms with Gasteiger partial charge in [-0.3, -0.25) is 24.5 Å². The third-order valence-electron chi connectivity index (χ3n) is 4.84. The number of anilines is 1. The zero-order valence-electron chi connectivity index (χ0n) is 16.5. The Morgan fingerprint density at radius 1 is 1.20 bits per heavy atom. The standard InChI is InChI=1S/C21H20N2O7/c1-13-3-5-14(6-4-13)18(24)12-30-21(26)15-9-20(25)22(11-15)17-8-7-16(23(27)28)10-19(17)29-2/h3-8,10,15H,9,11-12H2,1-2H3/t15-/m1/s1. The summed E-state index contributed by atoms with van der Waals surface area (Å²) in [7, 11) is 1.34. The van der Waals surface area contributed by atoms with Crippen molar-refractivity contribution < 1.29 is 28.8 Å². The van der Waals surface area contributed by atoms with E-state index in [1.54, 1.807) is 24.3 Å². The molecule has 0 bridgehead atoms. The number of ether oxygens (including phenoxy) is 2. The number of aryl methyl sites for hydroxylation is 1. The highest BCUT2D eigenvalue weighted by atomic mass is 16.6. The van der Waals surface area contributed by atoms with E-state index in [4.69, 9.17) is 9.47 Å². The number of nitro groups is 1. The molecule has 0 spiro atoms. The van der Waals surface area contributed by atoms with E-state index in [1.807, 2.05) is 6.92 Å². The fourth-order valence-electron chi connectivity index (χ4n) is 3.18. The maximum Gasteiger partial charge on any atom is 0.311 e. The largest absolute Gasteiger partial charge is 0.494 e. The van der Waals surface area contributed by atoms with Crippen molar-refractivity contribution >= 4 is 29.0 Å². The zero-order chi connectivity index (χ0) is 21.8. The molecule has 0 N–H and O–H groups in total. The summed E-state index contributed by atoms with van der Waals surface area (Å²) in [5.41, 5.74) is 1.61. The number of esters is 1. The topological polar surface area (TPSA) is 116 Å². The Hall–Kier alpha value is -3.75. The summed E-state index contributed by atoms with van der Waals surface area (Å²) in [5, 5.41) is 10.9. The Morgan fingerprint density at radius 3 is 2.53 bits per heavy atom. The third kappa shape index (κ3) is 4.45. The first-order valence-electron chi connectivity index (χ1n) is 9.19. The van der Waals surface area contributed by atoms with Crippen LogP contribution in [0.4, 0.5) is 11.4 Å². The molecule has 3 rings (SSSR count). The van der Waals surface area contributed by atoms with E-state index < -0.39 is 23.4 Å². The quantitative estimate of drug-likeness (QED) is 0.297. The van der Waals surface area contributed by atoms with Crippen LogP contribution in [0, 0.1) is 23.0 Å². The van der Waals surface area contributed by atoms with Crippen molar-refractivity contribution in [3.05, 3.63) is 63.7 Å². The van der Waals surface area contributed by atoms with Gasteiger partial charge in [0, 0.05) is 24.6 Å². The lowest BCUT2D eigenvalue weighted by atomic mass is 10.1. The summed E-state index contributed by atoms with van der Waals surface area (Å²) < 4.78 is 10.3. The highest BCUT2D eigenvalue weighted by Gasteiger charge is 2.37. The van der Waals surface area contributed by atoms with Gasteiger partial charge in [-0.05, 0) is 13.0 Å². The number of nitro benzene ring substituents is 1. The average molecular weight is 412 g/mol. The maximum absolute atomic E-state index is 12.4. The molecule has 0 aromatic heterocycles. The Labute approximate surface area is 172 Å². The summed E-state index contributed by atoms with van der Waals surface area (Å²) in [6.45, 7) is 1.52. The first-order valence-corrected chi connectivity index (χ1v) is 9.19. The molecule has 0 unspecified atom stereocenters. The van der Waals surface area contributed by atoms with Crippen LogP contribution in [-0.2, 0) is 14.3 Å². The molecular weight excluding hydrogens is 392 g/mol. The van der Waals surface area contributed by atoms with E-state index in [0.717, 1.165) is 5.56 Å². The first-order chi connectivity index (χ1) is 14.3. The lowest BCUT2D eigenvalue weighted by Crippen LogP contribution is -2.27. The highest BCUT2D eigenvalue weighted by molar-refractivity contribution is 6.01. The molecule has 1 aliphatic rings. The third-order valence-corrected chi connectivity index (χ3v) is 4.84. The monoisotopic (exact) mass is 412 g/mol. The van der Waals surface area contributed by atoms with Gasteiger partial charge >= 0.3 is 5.97 Å². The molecule has 1 heterocycles. The Bertz CT molecular complexity index is 1000. The number of Topliss-reactive ketones (excluding diaryl/α,β-unsaturated/α-hetero) is 1. The van der Waals surface area contributed by atoms with Crippen LogP contribution in [0.3, 0.4) is 0 Å². The van der Waals surface area contributed by atoms with Crippen molar-refractivity contribution in [3.8, 4) is 5.75 Å². The Morgan fingerprint density at radius 2 is 1.90 bits per heavy atom. The first kappa shape index (κ1) is 21.0. The minimum Gasteiger partial charge on any atom is -0.494 e. The van der Waals surface area contributed by atoms with Gasteiger partial charge in [0.05, 0.1) is 29.7 Å². The van der Waals surface area contributed by atoms with Crippen molar-refractivity contribution in [2.75, 3.05) is 25.2 Å². The fraction of sp³-hybridized carbons (Fsp3) is 0.286. The molecule has 9 heteroatoms. The Kier molecular flexibility index (Phi) is 6.10. The van der Waals surface area contributed by atoms with E-state index in [1.165, 1.54) is 30.2 Å². The SMILES string of the molecule is COc1cc([N+](=O)[O-])ccc1N1C[C@H](C(=O)OCC(=O)c2ccc(C)cc2)CC1=O. The second-order valence-corrected chi connectivity index (χ2v) is 6.92. The summed E-state index contributed by atoms with van der Waals surface area (Å²) in [4.78, 5) is 48.7. The van der Waals surface area contributed by atoms with Crippen LogP contribution in [-0.4, -0.2) is 42.8 Å². The second kappa shape index (κ2) is 8.73. The number of amides is 1. The Balaban J connectivity index is 1.65. The van der Waals surface area contributed by atoms with Crippen molar-refractivity contribution in [2.45, 2.75) is 13.3 Å². The molecule has 0 saturated carbocycles. The van der Waals surface area contributed by atoms with Gasteiger partial charge in [-0.1, -0.05) is 29.8 Å². The predicted octanol–water partition coefficient (Wildman–Crippen LogP) is 2.69. The molecule has 1 saturated heterocycles. The lowest BCUT2D eigenvalue weighted by Gasteiger charge is -2.19. The van der Waals surface area contributed by atoms with Gasteiger partial charge < -0.3 is 14.4 Å². The van der Waals surface area contributed by atoms with Gasteiger partial charge in [0.15, 0.2) is 12.4 Å². The molecule has 1 fully saturated rings. The number of carbonyl (C=O) groups excluding carboxylic acids is 3. The molecule has 30 heavy (non-hydrogen) atoms. The van der Waals surface area contributed by atoms with Crippen LogP contribution in [0.1, 0.15) is 22.3 Å². The van der Waals surface area contributed by atoms with E-state index in [2.05, 4.69) is 0 Å². The van der Waals surface area contributed by atoms with E-state index in [9.17, 15) is 24.5 Å². The number of nitrogens with zero attached hydrogens (tertiary/aromatic N) is 2. The van der Waals surface area contributed by atoms with Crippen molar-refractivity contribution in [3.63, 3.8) is 0 Å². The van der Waals surface area contributed by atoms with Crippen molar-refractivity contribution in [1.82, 2.24) is 0 Å². The smallest absolute Gasteiger partial charge is 0.311 e. The molecule has 9 nitrogen and oxygen atoms in total. The molecule has 1 aliphatic heterocycles. The maximum atomic E-state index is 12.4. The number of hydrogen-bond donors (Lipinski definition) is 0. The second-order valence-electron chi connectivity index (χ2n) is 6.92. The zero-order valence-corrected chi connectivity index (χ0v) is 16.5. The van der Waals surface area contributed by atoms with Crippen molar-refractivity contribution in [2.24, 2.45) is 5.92 Å². The molecule has 156 valence electrons. The van der Waals surface area contributed by atoms with Gasteiger partial charge in [0.2, 0.25) is 5.91 Å². The summed E-state index contributed by atoms with van der Waals surface area (Å²) >= 11 is 0. The predicted molar refractivity (Wildman–Crippen MR) is 107 cm³/mol. The molecule has 1 amide bonds. The molecular formula is C21H20N2O7. The van der Waals surface area contributed by atoms with Gasteiger partial charge in [-0.15, -0.1) is 0 Å². The van der Waals surface area contributed by atoms with E-state index >= 15 is 0 Å². The van der Waals surface area contributed by atoms with Crippen LogP contribution >= 0.6 is 0 Å². The molecule has 2 aromatic rings. The normalized spacial score (nSPS) is 15.7. The van der Waals surface area contributed by atoms with Crippen LogP contribution in [0.15, 0.2) is 42.5 Å². The average Bonchev–Trinajstić information content (AvgIpc) is 3.13. The number of ketones is 1. The van der Waals surface area contributed by atoms with E-state index in [0.29, 0.717) is 11.3 Å². The lowest BCUT2D eigenvalue weighted by molar-refractivity contribution is -0.384. The van der Waals surface area contributed by atoms with Crippen LogP contribution in [0.5, 0.6) is 5.75 Å². The summed E-state index contributed by atoms with van der Waals surface area (Å²) in [6.07, 6.45) is -0.0856. The van der Waals surface area contributed by atoms with Gasteiger partial charge in [0.1, 0.15) is 5.75 Å². The number of methoxy groups -OCH3 is 1.